The molecule has 5 heteroatoms. The first-order valence-corrected chi connectivity index (χ1v) is 5.41. The van der Waals surface area contributed by atoms with Gasteiger partial charge in [-0.15, -0.1) is 0 Å². The molecule has 3 atom stereocenters. The van der Waals surface area contributed by atoms with Crippen molar-refractivity contribution in [2.75, 3.05) is 13.7 Å². The molecular weight excluding hydrogens is 198 g/mol. The summed E-state index contributed by atoms with van der Waals surface area (Å²) in [6, 6.07) is 0.0213. The minimum absolute atomic E-state index is 0.0213. The number of amides is 1. The maximum absolute atomic E-state index is 10.7. The van der Waals surface area contributed by atoms with Gasteiger partial charge in [-0.2, -0.15) is 0 Å². The van der Waals surface area contributed by atoms with Gasteiger partial charge in [0.25, 0.3) is 0 Å². The number of ether oxygens (including phenoxy) is 2. The summed E-state index contributed by atoms with van der Waals surface area (Å²) in [4.78, 5) is 12.0. The Balaban J connectivity index is 1.72. The zero-order chi connectivity index (χ0) is 10.8. The first-order chi connectivity index (χ1) is 7.18. The predicted molar refractivity (Wildman–Crippen MR) is 52.7 cm³/mol. The Kier molecular flexibility index (Phi) is 3.11. The molecule has 0 aromatic rings. The Hall–Kier alpha value is -0.810. The SMILES string of the molecule is CN(C(=O)O)C1CC1OC1CCCCO1. The van der Waals surface area contributed by atoms with E-state index < -0.39 is 6.09 Å². The van der Waals surface area contributed by atoms with Crippen molar-refractivity contribution in [1.29, 1.82) is 0 Å². The molecule has 1 saturated heterocycles. The molecule has 1 amide bonds. The quantitative estimate of drug-likeness (QED) is 0.770. The Morgan fingerprint density at radius 2 is 2.33 bits per heavy atom. The van der Waals surface area contributed by atoms with Crippen molar-refractivity contribution < 1.29 is 19.4 Å². The highest BCUT2D eigenvalue weighted by molar-refractivity contribution is 5.65. The van der Waals surface area contributed by atoms with Crippen LogP contribution in [-0.2, 0) is 9.47 Å². The average Bonchev–Trinajstić information content (AvgIpc) is 2.97. The molecule has 0 aromatic heterocycles. The van der Waals surface area contributed by atoms with Gasteiger partial charge in [-0.25, -0.2) is 4.79 Å². The van der Waals surface area contributed by atoms with Crippen molar-refractivity contribution in [3.63, 3.8) is 0 Å². The number of carbonyl (C=O) groups is 1. The highest BCUT2D eigenvalue weighted by Gasteiger charge is 2.45. The molecule has 0 bridgehead atoms. The molecule has 1 N–H and O–H groups in total. The number of carboxylic acid groups (broad SMARTS) is 1. The molecule has 2 aliphatic rings. The van der Waals surface area contributed by atoms with Crippen molar-refractivity contribution in [2.24, 2.45) is 0 Å². The van der Waals surface area contributed by atoms with Crippen LogP contribution in [0.1, 0.15) is 25.7 Å². The van der Waals surface area contributed by atoms with E-state index in [2.05, 4.69) is 0 Å². The highest BCUT2D eigenvalue weighted by Crippen LogP contribution is 2.33. The van der Waals surface area contributed by atoms with Gasteiger partial charge in [-0.05, 0) is 25.7 Å². The highest BCUT2D eigenvalue weighted by atomic mass is 16.7. The molecule has 2 rings (SSSR count). The predicted octanol–water partition coefficient (Wildman–Crippen LogP) is 1.28. The largest absolute Gasteiger partial charge is 0.465 e. The van der Waals surface area contributed by atoms with E-state index in [1.165, 1.54) is 4.90 Å². The molecule has 1 aliphatic carbocycles. The van der Waals surface area contributed by atoms with Crippen LogP contribution in [0.5, 0.6) is 0 Å². The number of rotatable bonds is 3. The van der Waals surface area contributed by atoms with Gasteiger partial charge in [-0.1, -0.05) is 0 Å². The van der Waals surface area contributed by atoms with Gasteiger partial charge in [0.2, 0.25) is 0 Å². The molecular formula is C10H17NO4. The summed E-state index contributed by atoms with van der Waals surface area (Å²) in [6.45, 7) is 0.761. The fourth-order valence-electron chi connectivity index (χ4n) is 1.87. The number of likely N-dealkylation sites (N-methyl/N-ethyl adjacent to an activating group) is 1. The van der Waals surface area contributed by atoms with E-state index in [9.17, 15) is 4.79 Å². The second kappa shape index (κ2) is 4.37. The lowest BCUT2D eigenvalue weighted by Gasteiger charge is -2.23. The van der Waals surface area contributed by atoms with E-state index in [4.69, 9.17) is 14.6 Å². The molecule has 86 valence electrons. The zero-order valence-corrected chi connectivity index (χ0v) is 8.89. The molecule has 15 heavy (non-hydrogen) atoms. The minimum Gasteiger partial charge on any atom is -0.465 e. The summed E-state index contributed by atoms with van der Waals surface area (Å²) in [5, 5.41) is 8.76. The summed E-state index contributed by atoms with van der Waals surface area (Å²) in [6.07, 6.45) is 2.99. The third kappa shape index (κ3) is 2.60. The van der Waals surface area contributed by atoms with Crippen molar-refractivity contribution >= 4 is 6.09 Å². The Morgan fingerprint density at radius 1 is 1.53 bits per heavy atom. The number of hydrogen-bond donors (Lipinski definition) is 1. The molecule has 1 aliphatic heterocycles. The molecule has 2 fully saturated rings. The molecule has 0 spiro atoms. The van der Waals surface area contributed by atoms with E-state index in [0.29, 0.717) is 0 Å². The van der Waals surface area contributed by atoms with Crippen molar-refractivity contribution in [1.82, 2.24) is 4.90 Å². The van der Waals surface area contributed by atoms with Crippen molar-refractivity contribution in [2.45, 2.75) is 44.1 Å². The molecule has 0 aromatic carbocycles. The van der Waals surface area contributed by atoms with E-state index in [-0.39, 0.29) is 18.4 Å². The third-order valence-electron chi connectivity index (χ3n) is 2.96. The van der Waals surface area contributed by atoms with Crippen LogP contribution in [0.15, 0.2) is 0 Å². The first kappa shape index (κ1) is 10.7. The van der Waals surface area contributed by atoms with Crippen LogP contribution in [0, 0.1) is 0 Å². The second-order valence-corrected chi connectivity index (χ2v) is 4.17. The van der Waals surface area contributed by atoms with Gasteiger partial charge in [0.05, 0.1) is 12.1 Å². The Morgan fingerprint density at radius 3 is 2.93 bits per heavy atom. The second-order valence-electron chi connectivity index (χ2n) is 4.17. The van der Waals surface area contributed by atoms with Crippen molar-refractivity contribution in [3.05, 3.63) is 0 Å². The maximum Gasteiger partial charge on any atom is 0.407 e. The topological polar surface area (TPSA) is 59.0 Å². The minimum atomic E-state index is -0.893. The summed E-state index contributed by atoms with van der Waals surface area (Å²) in [5.74, 6) is 0. The van der Waals surface area contributed by atoms with Crippen molar-refractivity contribution in [3.8, 4) is 0 Å². The normalized spacial score (nSPS) is 34.9. The van der Waals surface area contributed by atoms with Crippen LogP contribution in [0.25, 0.3) is 0 Å². The van der Waals surface area contributed by atoms with Gasteiger partial charge < -0.3 is 19.5 Å². The van der Waals surface area contributed by atoms with E-state index in [1.807, 2.05) is 0 Å². The monoisotopic (exact) mass is 215 g/mol. The lowest BCUT2D eigenvalue weighted by atomic mass is 10.2. The van der Waals surface area contributed by atoms with Crippen LogP contribution in [0.4, 0.5) is 4.79 Å². The summed E-state index contributed by atoms with van der Waals surface area (Å²) in [7, 11) is 1.58. The summed E-state index contributed by atoms with van der Waals surface area (Å²) < 4.78 is 11.1. The molecule has 3 unspecified atom stereocenters. The van der Waals surface area contributed by atoms with Crippen LogP contribution in [0.3, 0.4) is 0 Å². The van der Waals surface area contributed by atoms with Gasteiger partial charge in [0, 0.05) is 13.7 Å². The van der Waals surface area contributed by atoms with Crippen LogP contribution >= 0.6 is 0 Å². The van der Waals surface area contributed by atoms with E-state index >= 15 is 0 Å². The fourth-order valence-corrected chi connectivity index (χ4v) is 1.87. The fraction of sp³-hybridized carbons (Fsp3) is 0.900. The lowest BCUT2D eigenvalue weighted by molar-refractivity contribution is -0.171. The average molecular weight is 215 g/mol. The smallest absolute Gasteiger partial charge is 0.407 e. The van der Waals surface area contributed by atoms with Gasteiger partial charge in [0.1, 0.15) is 0 Å². The maximum atomic E-state index is 10.7. The van der Waals surface area contributed by atoms with Gasteiger partial charge in [0.15, 0.2) is 6.29 Å². The van der Waals surface area contributed by atoms with Gasteiger partial charge >= 0.3 is 6.09 Å². The molecule has 5 nitrogen and oxygen atoms in total. The molecule has 0 radical (unpaired) electrons. The molecule has 1 saturated carbocycles. The zero-order valence-electron chi connectivity index (χ0n) is 8.89. The van der Waals surface area contributed by atoms with E-state index in [1.54, 1.807) is 7.05 Å². The van der Waals surface area contributed by atoms with Crippen LogP contribution < -0.4 is 0 Å². The van der Waals surface area contributed by atoms with Crippen LogP contribution in [-0.4, -0.2) is 48.2 Å². The first-order valence-electron chi connectivity index (χ1n) is 5.41. The third-order valence-corrected chi connectivity index (χ3v) is 2.96. The van der Waals surface area contributed by atoms with E-state index in [0.717, 1.165) is 32.3 Å². The summed E-state index contributed by atoms with van der Waals surface area (Å²) >= 11 is 0. The Labute approximate surface area is 89.0 Å². The Bertz CT molecular complexity index is 240. The standard InChI is InChI=1S/C10H17NO4/c1-11(10(12)13)7-6-8(7)15-9-4-2-3-5-14-9/h7-9H,2-6H2,1H3,(H,12,13). The van der Waals surface area contributed by atoms with Gasteiger partial charge in [-0.3, -0.25) is 0 Å². The number of nitrogens with zero attached hydrogens (tertiary/aromatic N) is 1. The van der Waals surface area contributed by atoms with Crippen LogP contribution in [0.2, 0.25) is 0 Å². The number of hydrogen-bond acceptors (Lipinski definition) is 3. The summed E-state index contributed by atoms with van der Waals surface area (Å²) in [5.41, 5.74) is 0. The lowest BCUT2D eigenvalue weighted by Crippen LogP contribution is -2.31. The molecule has 1 heterocycles.